The number of aromatic nitrogens is 2. The van der Waals surface area contributed by atoms with Gasteiger partial charge in [-0.15, -0.1) is 0 Å². The minimum Gasteiger partial charge on any atom is -0.376 e. The lowest BCUT2D eigenvalue weighted by atomic mass is 10.1. The molecule has 9 heteroatoms. The van der Waals surface area contributed by atoms with Crippen molar-refractivity contribution in [2.75, 3.05) is 13.2 Å². The molecule has 3 N–H and O–H groups in total. The number of benzene rings is 1. The van der Waals surface area contributed by atoms with Crippen LogP contribution in [0.3, 0.4) is 0 Å². The summed E-state index contributed by atoms with van der Waals surface area (Å²) in [6.45, 7) is 3.53. The van der Waals surface area contributed by atoms with Crippen LogP contribution >= 0.6 is 12.2 Å². The van der Waals surface area contributed by atoms with Gasteiger partial charge in [0.25, 0.3) is 11.5 Å². The topological polar surface area (TPSA) is 97.3 Å². The number of hydrazine groups is 1. The predicted molar refractivity (Wildman–Crippen MR) is 102 cm³/mol. The number of carbonyl (C=O) groups excluding carboxylic acids is 1. The number of rotatable bonds is 4. The first-order chi connectivity index (χ1) is 12.6. The highest BCUT2D eigenvalue weighted by molar-refractivity contribution is 7.80. The van der Waals surface area contributed by atoms with Gasteiger partial charge in [-0.05, 0) is 38.0 Å². The summed E-state index contributed by atoms with van der Waals surface area (Å²) in [6, 6.07) is 6.90. The van der Waals surface area contributed by atoms with Crippen LogP contribution < -0.4 is 21.7 Å². The zero-order valence-electron chi connectivity index (χ0n) is 14.4. The molecule has 2 aromatic rings. The molecule has 1 aromatic heterocycles. The van der Waals surface area contributed by atoms with E-state index in [1.54, 1.807) is 31.2 Å². The Hall–Kier alpha value is -2.52. The average Bonchev–Trinajstić information content (AvgIpc) is 3.18. The number of nitrogens with zero attached hydrogens (tertiary/aromatic N) is 2. The molecule has 0 bridgehead atoms. The zero-order chi connectivity index (χ0) is 18.5. The van der Waals surface area contributed by atoms with Gasteiger partial charge in [0.15, 0.2) is 10.8 Å². The van der Waals surface area contributed by atoms with E-state index in [0.29, 0.717) is 29.0 Å². The fourth-order valence-corrected chi connectivity index (χ4v) is 2.98. The number of aryl methyl sites for hydroxylation is 1. The molecule has 1 fully saturated rings. The third-order valence-electron chi connectivity index (χ3n) is 4.19. The molecule has 0 saturated carbocycles. The van der Waals surface area contributed by atoms with Gasteiger partial charge in [0.1, 0.15) is 0 Å². The van der Waals surface area contributed by atoms with Crippen molar-refractivity contribution in [2.45, 2.75) is 32.4 Å². The number of nitrogens with one attached hydrogen (secondary N) is 3. The predicted octanol–water partition coefficient (Wildman–Crippen LogP) is 0.704. The largest absolute Gasteiger partial charge is 0.376 e. The van der Waals surface area contributed by atoms with Gasteiger partial charge in [-0.2, -0.15) is 5.10 Å². The highest BCUT2D eigenvalue weighted by Gasteiger charge is 2.17. The van der Waals surface area contributed by atoms with Crippen molar-refractivity contribution < 1.29 is 9.53 Å². The molecular formula is C17H21N5O3S. The molecule has 1 amide bonds. The van der Waals surface area contributed by atoms with E-state index in [1.807, 2.05) is 0 Å². The molecule has 0 spiro atoms. The van der Waals surface area contributed by atoms with Gasteiger partial charge in [-0.1, -0.05) is 18.2 Å². The van der Waals surface area contributed by atoms with Gasteiger partial charge in [0.05, 0.1) is 11.5 Å². The van der Waals surface area contributed by atoms with Crippen LogP contribution in [0.2, 0.25) is 0 Å². The smallest absolute Gasteiger partial charge is 0.290 e. The maximum Gasteiger partial charge on any atom is 0.290 e. The maximum absolute atomic E-state index is 12.5. The van der Waals surface area contributed by atoms with Gasteiger partial charge >= 0.3 is 0 Å². The molecule has 3 rings (SSSR count). The average molecular weight is 375 g/mol. The number of thiocarbonyl (C=S) groups is 1. The molecule has 2 heterocycles. The molecule has 1 aliphatic rings. The second-order valence-electron chi connectivity index (χ2n) is 5.94. The van der Waals surface area contributed by atoms with Crippen molar-refractivity contribution in [1.82, 2.24) is 25.9 Å². The van der Waals surface area contributed by atoms with Gasteiger partial charge in [0, 0.05) is 25.1 Å². The summed E-state index contributed by atoms with van der Waals surface area (Å²) in [5, 5.41) is 8.43. The summed E-state index contributed by atoms with van der Waals surface area (Å²) in [4.78, 5) is 24.9. The molecule has 0 unspecified atom stereocenters. The van der Waals surface area contributed by atoms with Crippen molar-refractivity contribution >= 4 is 34.0 Å². The number of hydrogen-bond acceptors (Lipinski definition) is 5. The first kappa shape index (κ1) is 18.3. The summed E-state index contributed by atoms with van der Waals surface area (Å²) < 4.78 is 6.77. The van der Waals surface area contributed by atoms with Crippen LogP contribution in [0.15, 0.2) is 29.1 Å². The van der Waals surface area contributed by atoms with Crippen molar-refractivity contribution in [3.8, 4) is 0 Å². The van der Waals surface area contributed by atoms with Gasteiger partial charge in [-0.3, -0.25) is 20.4 Å². The quantitative estimate of drug-likeness (QED) is 0.535. The zero-order valence-corrected chi connectivity index (χ0v) is 15.3. The monoisotopic (exact) mass is 375 g/mol. The Bertz CT molecular complexity index is 876. The van der Waals surface area contributed by atoms with Crippen LogP contribution in [0.1, 0.15) is 30.3 Å². The summed E-state index contributed by atoms with van der Waals surface area (Å²) in [5.41, 5.74) is 5.13. The summed E-state index contributed by atoms with van der Waals surface area (Å²) in [5.74, 6) is -0.468. The van der Waals surface area contributed by atoms with Crippen LogP contribution in [-0.4, -0.2) is 40.1 Å². The summed E-state index contributed by atoms with van der Waals surface area (Å²) in [6.07, 6.45) is 2.19. The summed E-state index contributed by atoms with van der Waals surface area (Å²) in [7, 11) is 0. The maximum atomic E-state index is 12.5. The van der Waals surface area contributed by atoms with E-state index < -0.39 is 5.91 Å². The third kappa shape index (κ3) is 4.00. The first-order valence-electron chi connectivity index (χ1n) is 8.55. The Labute approximate surface area is 155 Å². The number of ether oxygens (including phenoxy) is 1. The number of carbonyl (C=O) groups is 1. The summed E-state index contributed by atoms with van der Waals surface area (Å²) >= 11 is 5.15. The lowest BCUT2D eigenvalue weighted by molar-refractivity contribution is 0.0937. The van der Waals surface area contributed by atoms with Crippen LogP contribution in [0, 0.1) is 0 Å². The molecule has 1 aliphatic heterocycles. The molecule has 26 heavy (non-hydrogen) atoms. The van der Waals surface area contributed by atoms with Gasteiger partial charge in [0.2, 0.25) is 0 Å². The van der Waals surface area contributed by atoms with Crippen molar-refractivity contribution in [1.29, 1.82) is 0 Å². The third-order valence-corrected chi connectivity index (χ3v) is 4.43. The van der Waals surface area contributed by atoms with E-state index in [9.17, 15) is 9.59 Å². The van der Waals surface area contributed by atoms with Gasteiger partial charge < -0.3 is 10.1 Å². The second-order valence-corrected chi connectivity index (χ2v) is 6.35. The van der Waals surface area contributed by atoms with E-state index in [4.69, 9.17) is 17.0 Å². The van der Waals surface area contributed by atoms with E-state index in [-0.39, 0.29) is 17.4 Å². The fraction of sp³-hybridized carbons (Fsp3) is 0.412. The number of fused-ring (bicyclic) bond motifs is 1. The van der Waals surface area contributed by atoms with Crippen LogP contribution in [0.4, 0.5) is 0 Å². The Morgan fingerprint density at radius 1 is 1.35 bits per heavy atom. The van der Waals surface area contributed by atoms with Gasteiger partial charge in [-0.25, -0.2) is 4.68 Å². The minimum absolute atomic E-state index is 0.143. The van der Waals surface area contributed by atoms with E-state index in [0.717, 1.165) is 19.4 Å². The van der Waals surface area contributed by atoms with Crippen molar-refractivity contribution in [3.63, 3.8) is 0 Å². The fourth-order valence-electron chi connectivity index (χ4n) is 2.85. The highest BCUT2D eigenvalue weighted by atomic mass is 32.1. The standard InChI is InChI=1S/C17H21N5O3S/c1-2-22-16(24)13-8-4-3-7-12(13)14(21-22)15(23)19-20-17(26)18-10-11-6-5-9-25-11/h3-4,7-8,11H,2,5-6,9-10H2,1H3,(H,19,23)(H2,18,20,26)/t11-/m1/s1. The van der Waals surface area contributed by atoms with Crippen LogP contribution in [0.5, 0.6) is 0 Å². The van der Waals surface area contributed by atoms with E-state index in [1.165, 1.54) is 4.68 Å². The van der Waals surface area contributed by atoms with E-state index >= 15 is 0 Å². The number of hydrogen-bond donors (Lipinski definition) is 3. The molecular weight excluding hydrogens is 354 g/mol. The molecule has 0 radical (unpaired) electrons. The van der Waals surface area contributed by atoms with E-state index in [2.05, 4.69) is 21.3 Å². The lowest BCUT2D eigenvalue weighted by Gasteiger charge is -2.15. The Morgan fingerprint density at radius 2 is 2.12 bits per heavy atom. The van der Waals surface area contributed by atoms with Crippen molar-refractivity contribution in [2.24, 2.45) is 0 Å². The number of amides is 1. The van der Waals surface area contributed by atoms with Crippen molar-refractivity contribution in [3.05, 3.63) is 40.3 Å². The Kier molecular flexibility index (Phi) is 5.79. The highest BCUT2D eigenvalue weighted by Crippen LogP contribution is 2.13. The second kappa shape index (κ2) is 8.24. The Morgan fingerprint density at radius 3 is 2.81 bits per heavy atom. The minimum atomic E-state index is -0.468. The molecule has 8 nitrogen and oxygen atoms in total. The Balaban J connectivity index is 1.68. The SMILES string of the molecule is CCn1nc(C(=O)NNC(=S)NC[C@H]2CCCO2)c2ccccc2c1=O. The van der Waals surface area contributed by atoms with Crippen LogP contribution in [-0.2, 0) is 11.3 Å². The van der Waals surface area contributed by atoms with Crippen LogP contribution in [0.25, 0.3) is 10.8 Å². The molecule has 1 saturated heterocycles. The first-order valence-corrected chi connectivity index (χ1v) is 8.96. The molecule has 1 aromatic carbocycles. The normalized spacial score (nSPS) is 16.4. The lowest BCUT2D eigenvalue weighted by Crippen LogP contribution is -2.48. The molecule has 138 valence electrons. The molecule has 0 aliphatic carbocycles. The molecule has 1 atom stereocenters.